The highest BCUT2D eigenvalue weighted by atomic mass is 32.2. The average molecular weight is 401 g/mol. The Balaban J connectivity index is 1.51. The van der Waals surface area contributed by atoms with Gasteiger partial charge in [0.05, 0.1) is 10.5 Å². The molecule has 0 saturated carbocycles. The van der Waals surface area contributed by atoms with Gasteiger partial charge in [-0.15, -0.1) is 5.10 Å². The third kappa shape index (κ3) is 3.54. The Labute approximate surface area is 160 Å². The lowest BCUT2D eigenvalue weighted by Crippen LogP contribution is -2.40. The van der Waals surface area contributed by atoms with Crippen molar-refractivity contribution in [1.29, 1.82) is 0 Å². The summed E-state index contributed by atoms with van der Waals surface area (Å²) in [5.41, 5.74) is 0.254. The zero-order valence-corrected chi connectivity index (χ0v) is 15.5. The first-order valence-electron chi connectivity index (χ1n) is 8.24. The molecule has 9 nitrogen and oxygen atoms in total. The second-order valence-electron chi connectivity index (χ2n) is 6.03. The van der Waals surface area contributed by atoms with E-state index in [1.54, 1.807) is 42.5 Å². The van der Waals surface area contributed by atoms with E-state index in [9.17, 15) is 13.2 Å². The van der Waals surface area contributed by atoms with Crippen LogP contribution in [0.15, 0.2) is 57.8 Å². The number of nitrogens with one attached hydrogen (secondary N) is 1. The lowest BCUT2D eigenvalue weighted by molar-refractivity contribution is -0.125. The van der Waals surface area contributed by atoms with Crippen LogP contribution in [0.5, 0.6) is 11.5 Å². The van der Waals surface area contributed by atoms with Gasteiger partial charge >= 0.3 is 6.01 Å². The van der Waals surface area contributed by atoms with Crippen molar-refractivity contribution in [2.24, 2.45) is 0 Å². The molecule has 144 valence electrons. The topological polar surface area (TPSA) is 121 Å². The van der Waals surface area contributed by atoms with Gasteiger partial charge in [0.15, 0.2) is 21.3 Å². The zero-order valence-electron chi connectivity index (χ0n) is 14.7. The van der Waals surface area contributed by atoms with E-state index in [0.29, 0.717) is 11.5 Å². The summed E-state index contributed by atoms with van der Waals surface area (Å²) in [6.45, 7) is 0.0285. The maximum absolute atomic E-state index is 12.4. The van der Waals surface area contributed by atoms with Crippen LogP contribution in [0.4, 0.5) is 6.01 Å². The SMILES string of the molecule is CS(=O)(=O)c1ccccc1-c1nnc(NC(=O)[C@H]2COc3ccccc3O2)o1. The number of carbonyl (C=O) groups excluding carboxylic acids is 1. The fraction of sp³-hybridized carbons (Fsp3) is 0.167. The van der Waals surface area contributed by atoms with Gasteiger partial charge < -0.3 is 13.9 Å². The maximum atomic E-state index is 12.4. The van der Waals surface area contributed by atoms with E-state index in [0.717, 1.165) is 6.26 Å². The molecular formula is C18H15N3O6S. The number of carbonyl (C=O) groups is 1. The van der Waals surface area contributed by atoms with Crippen LogP contribution in [0.2, 0.25) is 0 Å². The van der Waals surface area contributed by atoms with Gasteiger partial charge in [-0.1, -0.05) is 29.4 Å². The van der Waals surface area contributed by atoms with Gasteiger partial charge in [0, 0.05) is 6.26 Å². The number of rotatable bonds is 4. The molecule has 10 heteroatoms. The number of anilines is 1. The molecule has 1 aliphatic rings. The molecule has 1 aliphatic heterocycles. The average Bonchev–Trinajstić information content (AvgIpc) is 3.15. The number of hydrogen-bond acceptors (Lipinski definition) is 8. The first kappa shape index (κ1) is 18.0. The third-order valence-electron chi connectivity index (χ3n) is 3.97. The summed E-state index contributed by atoms with van der Waals surface area (Å²) in [7, 11) is -3.49. The first-order chi connectivity index (χ1) is 13.4. The van der Waals surface area contributed by atoms with Crippen molar-refractivity contribution in [3.05, 3.63) is 48.5 Å². The van der Waals surface area contributed by atoms with E-state index in [1.807, 2.05) is 0 Å². The van der Waals surface area contributed by atoms with E-state index in [1.165, 1.54) is 6.07 Å². The number of ether oxygens (including phenoxy) is 2. The molecule has 28 heavy (non-hydrogen) atoms. The summed E-state index contributed by atoms with van der Waals surface area (Å²) >= 11 is 0. The van der Waals surface area contributed by atoms with Gasteiger partial charge in [0.1, 0.15) is 6.61 Å². The van der Waals surface area contributed by atoms with Crippen molar-refractivity contribution >= 4 is 21.8 Å². The van der Waals surface area contributed by atoms with E-state index in [4.69, 9.17) is 13.9 Å². The Morgan fingerprint density at radius 1 is 1.07 bits per heavy atom. The van der Waals surface area contributed by atoms with Crippen LogP contribution in [0.25, 0.3) is 11.5 Å². The van der Waals surface area contributed by atoms with Crippen molar-refractivity contribution in [3.63, 3.8) is 0 Å². The normalized spacial score (nSPS) is 15.8. The number of sulfone groups is 1. The van der Waals surface area contributed by atoms with Gasteiger partial charge in [0.25, 0.3) is 11.8 Å². The summed E-state index contributed by atoms with van der Waals surface area (Å²) in [5.74, 6) is 0.467. The Kier molecular flexibility index (Phi) is 4.47. The maximum Gasteiger partial charge on any atom is 0.322 e. The molecule has 0 radical (unpaired) electrons. The predicted octanol–water partition coefficient (Wildman–Crippen LogP) is 1.92. The Hall–Kier alpha value is -3.40. The molecule has 0 fully saturated rings. The lowest BCUT2D eigenvalue weighted by atomic mass is 10.2. The minimum atomic E-state index is -3.49. The molecule has 0 bridgehead atoms. The van der Waals surface area contributed by atoms with E-state index in [-0.39, 0.29) is 29.0 Å². The van der Waals surface area contributed by atoms with Gasteiger partial charge in [0.2, 0.25) is 6.10 Å². The van der Waals surface area contributed by atoms with Gasteiger partial charge in [-0.05, 0) is 24.3 Å². The van der Waals surface area contributed by atoms with Crippen molar-refractivity contribution < 1.29 is 27.1 Å². The van der Waals surface area contributed by atoms with Crippen molar-refractivity contribution in [1.82, 2.24) is 10.2 Å². The number of para-hydroxylation sites is 2. The van der Waals surface area contributed by atoms with Crippen LogP contribution in [0.1, 0.15) is 0 Å². The highest BCUT2D eigenvalue weighted by Crippen LogP contribution is 2.31. The summed E-state index contributed by atoms with van der Waals surface area (Å²) in [6, 6.07) is 13.1. The quantitative estimate of drug-likeness (QED) is 0.704. The Morgan fingerprint density at radius 2 is 1.79 bits per heavy atom. The smallest absolute Gasteiger partial charge is 0.322 e. The summed E-state index contributed by atoms with van der Waals surface area (Å²) in [4.78, 5) is 12.5. The molecule has 1 atom stereocenters. The minimum Gasteiger partial charge on any atom is -0.485 e. The summed E-state index contributed by atoms with van der Waals surface area (Å²) < 4.78 is 40.4. The van der Waals surface area contributed by atoms with Crippen molar-refractivity contribution in [2.75, 3.05) is 18.2 Å². The molecule has 1 amide bonds. The van der Waals surface area contributed by atoms with E-state index in [2.05, 4.69) is 15.5 Å². The fourth-order valence-electron chi connectivity index (χ4n) is 2.68. The van der Waals surface area contributed by atoms with Crippen LogP contribution >= 0.6 is 0 Å². The lowest BCUT2D eigenvalue weighted by Gasteiger charge is -2.24. The molecule has 2 heterocycles. The molecule has 2 aromatic carbocycles. The zero-order chi connectivity index (χ0) is 19.7. The second-order valence-corrected chi connectivity index (χ2v) is 8.02. The number of nitrogens with zero attached hydrogens (tertiary/aromatic N) is 2. The van der Waals surface area contributed by atoms with E-state index >= 15 is 0 Å². The van der Waals surface area contributed by atoms with Crippen LogP contribution in [-0.4, -0.2) is 43.5 Å². The van der Waals surface area contributed by atoms with Gasteiger partial charge in [-0.2, -0.15) is 0 Å². The predicted molar refractivity (Wildman–Crippen MR) is 97.8 cm³/mol. The molecular weight excluding hydrogens is 386 g/mol. The highest BCUT2D eigenvalue weighted by Gasteiger charge is 2.28. The Morgan fingerprint density at radius 3 is 2.57 bits per heavy atom. The first-order valence-corrected chi connectivity index (χ1v) is 10.1. The molecule has 0 spiro atoms. The summed E-state index contributed by atoms with van der Waals surface area (Å²) in [6.07, 6.45) is 0.192. The molecule has 0 saturated heterocycles. The monoisotopic (exact) mass is 401 g/mol. The number of amides is 1. The standard InChI is InChI=1S/C18H15N3O6S/c1-28(23,24)15-9-5-2-6-11(15)17-20-21-18(27-17)19-16(22)14-10-25-12-7-3-4-8-13(12)26-14/h2-9,14H,10H2,1H3,(H,19,21,22)/t14-/m1/s1. The summed E-state index contributed by atoms with van der Waals surface area (Å²) in [5, 5.41) is 10.0. The number of aromatic nitrogens is 2. The minimum absolute atomic E-state index is 0.0255. The molecule has 1 aromatic heterocycles. The molecule has 3 aromatic rings. The van der Waals surface area contributed by atoms with E-state index < -0.39 is 21.8 Å². The van der Waals surface area contributed by atoms with Crippen LogP contribution in [0.3, 0.4) is 0 Å². The largest absolute Gasteiger partial charge is 0.485 e. The third-order valence-corrected chi connectivity index (χ3v) is 5.13. The molecule has 0 unspecified atom stereocenters. The molecule has 1 N–H and O–H groups in total. The van der Waals surface area contributed by atoms with Gasteiger partial charge in [-0.3, -0.25) is 10.1 Å². The van der Waals surface area contributed by atoms with Crippen molar-refractivity contribution in [3.8, 4) is 23.0 Å². The molecule has 0 aliphatic carbocycles. The van der Waals surface area contributed by atoms with Crippen LogP contribution in [-0.2, 0) is 14.6 Å². The molecule has 4 rings (SSSR count). The Bertz CT molecular complexity index is 1140. The number of hydrogen-bond donors (Lipinski definition) is 1. The second kappa shape index (κ2) is 6.97. The highest BCUT2D eigenvalue weighted by molar-refractivity contribution is 7.90. The van der Waals surface area contributed by atoms with Gasteiger partial charge in [-0.25, -0.2) is 8.42 Å². The number of fused-ring (bicyclic) bond motifs is 1. The van der Waals surface area contributed by atoms with Crippen molar-refractivity contribution in [2.45, 2.75) is 11.0 Å². The van der Waals surface area contributed by atoms with Crippen LogP contribution in [0, 0.1) is 0 Å². The fourth-order valence-corrected chi connectivity index (χ4v) is 3.56. The van der Waals surface area contributed by atoms with Crippen LogP contribution < -0.4 is 14.8 Å². The number of benzene rings is 2.